The SMILES string of the molecule is CC(C)(C)CCN1CCc2ccc(N)cc21. The number of fused-ring (bicyclic) bond motifs is 1. The fourth-order valence-corrected chi connectivity index (χ4v) is 2.17. The van der Waals surface area contributed by atoms with E-state index in [0.717, 1.165) is 18.8 Å². The molecular weight excluding hydrogens is 196 g/mol. The number of nitrogen functional groups attached to an aromatic ring is 1. The molecule has 0 saturated carbocycles. The van der Waals surface area contributed by atoms with E-state index in [2.05, 4.69) is 37.8 Å². The Hall–Kier alpha value is -1.18. The van der Waals surface area contributed by atoms with Crippen molar-refractivity contribution in [1.29, 1.82) is 0 Å². The lowest BCUT2D eigenvalue weighted by Gasteiger charge is -2.25. The lowest BCUT2D eigenvalue weighted by atomic mass is 9.92. The van der Waals surface area contributed by atoms with Crippen LogP contribution in [0.25, 0.3) is 0 Å². The Morgan fingerprint density at radius 1 is 1.31 bits per heavy atom. The molecule has 1 aliphatic rings. The third-order valence-electron chi connectivity index (χ3n) is 3.23. The van der Waals surface area contributed by atoms with Crippen molar-refractivity contribution in [3.8, 4) is 0 Å². The van der Waals surface area contributed by atoms with Gasteiger partial charge in [0.2, 0.25) is 0 Å². The molecule has 0 bridgehead atoms. The van der Waals surface area contributed by atoms with E-state index in [1.807, 2.05) is 6.07 Å². The van der Waals surface area contributed by atoms with E-state index < -0.39 is 0 Å². The van der Waals surface area contributed by atoms with E-state index in [1.165, 1.54) is 24.1 Å². The van der Waals surface area contributed by atoms with Crippen LogP contribution in [0.4, 0.5) is 11.4 Å². The Balaban J connectivity index is 2.08. The summed E-state index contributed by atoms with van der Waals surface area (Å²) < 4.78 is 0. The molecular formula is C14H22N2. The molecule has 0 amide bonds. The molecule has 0 radical (unpaired) electrons. The summed E-state index contributed by atoms with van der Waals surface area (Å²) in [6.07, 6.45) is 2.39. The molecule has 1 aromatic carbocycles. The summed E-state index contributed by atoms with van der Waals surface area (Å²) in [6.45, 7) is 9.17. The highest BCUT2D eigenvalue weighted by Crippen LogP contribution is 2.31. The van der Waals surface area contributed by atoms with E-state index in [1.54, 1.807) is 0 Å². The van der Waals surface area contributed by atoms with Crippen LogP contribution >= 0.6 is 0 Å². The first-order chi connectivity index (χ1) is 7.46. The average molecular weight is 218 g/mol. The normalized spacial score (nSPS) is 15.3. The maximum atomic E-state index is 5.85. The number of nitrogens with zero attached hydrogens (tertiary/aromatic N) is 1. The van der Waals surface area contributed by atoms with E-state index in [4.69, 9.17) is 5.73 Å². The number of hydrogen-bond acceptors (Lipinski definition) is 2. The molecule has 0 fully saturated rings. The molecule has 2 heteroatoms. The molecule has 0 unspecified atom stereocenters. The van der Waals surface area contributed by atoms with Crippen LogP contribution in [0.1, 0.15) is 32.8 Å². The zero-order chi connectivity index (χ0) is 11.8. The summed E-state index contributed by atoms with van der Waals surface area (Å²) in [4.78, 5) is 2.47. The van der Waals surface area contributed by atoms with Gasteiger partial charge in [-0.1, -0.05) is 26.8 Å². The van der Waals surface area contributed by atoms with Crippen LogP contribution in [0.5, 0.6) is 0 Å². The molecule has 1 aromatic rings. The maximum Gasteiger partial charge on any atom is 0.0420 e. The number of anilines is 2. The highest BCUT2D eigenvalue weighted by atomic mass is 15.1. The van der Waals surface area contributed by atoms with Gasteiger partial charge in [-0.25, -0.2) is 0 Å². The van der Waals surface area contributed by atoms with Crippen molar-refractivity contribution < 1.29 is 0 Å². The van der Waals surface area contributed by atoms with Gasteiger partial charge in [0, 0.05) is 24.5 Å². The van der Waals surface area contributed by atoms with E-state index in [0.29, 0.717) is 5.41 Å². The molecule has 0 aliphatic carbocycles. The summed E-state index contributed by atoms with van der Waals surface area (Å²) in [5.74, 6) is 0. The van der Waals surface area contributed by atoms with Gasteiger partial charge in [-0.15, -0.1) is 0 Å². The van der Waals surface area contributed by atoms with Gasteiger partial charge < -0.3 is 10.6 Å². The van der Waals surface area contributed by atoms with E-state index in [-0.39, 0.29) is 0 Å². The molecule has 2 rings (SSSR count). The standard InChI is InChI=1S/C14H22N2/c1-14(2,3)7-9-16-8-6-11-4-5-12(15)10-13(11)16/h4-5,10H,6-9,15H2,1-3H3. The Kier molecular flexibility index (Phi) is 2.83. The summed E-state index contributed by atoms with van der Waals surface area (Å²) in [5, 5.41) is 0. The number of rotatable bonds is 2. The molecule has 2 N–H and O–H groups in total. The van der Waals surface area contributed by atoms with Gasteiger partial charge in [0.1, 0.15) is 0 Å². The second-order valence-electron chi connectivity index (χ2n) is 5.94. The monoisotopic (exact) mass is 218 g/mol. The van der Waals surface area contributed by atoms with Crippen molar-refractivity contribution >= 4 is 11.4 Å². The lowest BCUT2D eigenvalue weighted by Crippen LogP contribution is -2.25. The van der Waals surface area contributed by atoms with Crippen LogP contribution in [0, 0.1) is 5.41 Å². The third kappa shape index (κ3) is 2.49. The van der Waals surface area contributed by atoms with Crippen molar-refractivity contribution in [2.45, 2.75) is 33.6 Å². The third-order valence-corrected chi connectivity index (χ3v) is 3.23. The van der Waals surface area contributed by atoms with Gasteiger partial charge in [-0.05, 0) is 36.0 Å². The summed E-state index contributed by atoms with van der Waals surface area (Å²) >= 11 is 0. The van der Waals surface area contributed by atoms with Crippen molar-refractivity contribution in [2.75, 3.05) is 23.7 Å². The Bertz CT molecular complexity index is 377. The molecule has 1 aliphatic heterocycles. The van der Waals surface area contributed by atoms with Crippen LogP contribution in [-0.4, -0.2) is 13.1 Å². The quantitative estimate of drug-likeness (QED) is 0.773. The highest BCUT2D eigenvalue weighted by molar-refractivity contribution is 5.64. The minimum Gasteiger partial charge on any atom is -0.399 e. The van der Waals surface area contributed by atoms with E-state index >= 15 is 0 Å². The Labute approximate surface area is 98.4 Å². The van der Waals surface area contributed by atoms with Crippen molar-refractivity contribution in [3.05, 3.63) is 23.8 Å². The van der Waals surface area contributed by atoms with Gasteiger partial charge in [0.25, 0.3) is 0 Å². The highest BCUT2D eigenvalue weighted by Gasteiger charge is 2.20. The summed E-state index contributed by atoms with van der Waals surface area (Å²) in [6, 6.07) is 6.29. The number of nitrogens with two attached hydrogens (primary N) is 1. The molecule has 0 aromatic heterocycles. The predicted molar refractivity (Wildman–Crippen MR) is 70.8 cm³/mol. The first-order valence-electron chi connectivity index (χ1n) is 6.09. The van der Waals surface area contributed by atoms with Crippen molar-refractivity contribution in [3.63, 3.8) is 0 Å². The van der Waals surface area contributed by atoms with Gasteiger partial charge in [0.15, 0.2) is 0 Å². The van der Waals surface area contributed by atoms with Gasteiger partial charge in [0.05, 0.1) is 0 Å². The zero-order valence-electron chi connectivity index (χ0n) is 10.6. The fraction of sp³-hybridized carbons (Fsp3) is 0.571. The first kappa shape index (κ1) is 11.3. The van der Waals surface area contributed by atoms with Crippen LogP contribution in [-0.2, 0) is 6.42 Å². The molecule has 0 spiro atoms. The Morgan fingerprint density at radius 2 is 2.06 bits per heavy atom. The molecule has 88 valence electrons. The fourth-order valence-electron chi connectivity index (χ4n) is 2.17. The van der Waals surface area contributed by atoms with E-state index in [9.17, 15) is 0 Å². The lowest BCUT2D eigenvalue weighted by molar-refractivity contribution is 0.380. The van der Waals surface area contributed by atoms with Gasteiger partial charge >= 0.3 is 0 Å². The van der Waals surface area contributed by atoms with Crippen molar-refractivity contribution in [1.82, 2.24) is 0 Å². The predicted octanol–water partition coefficient (Wildman–Crippen LogP) is 3.07. The molecule has 0 atom stereocenters. The van der Waals surface area contributed by atoms with Gasteiger partial charge in [-0.2, -0.15) is 0 Å². The number of benzene rings is 1. The zero-order valence-corrected chi connectivity index (χ0v) is 10.6. The topological polar surface area (TPSA) is 29.3 Å². The first-order valence-corrected chi connectivity index (χ1v) is 6.09. The van der Waals surface area contributed by atoms with Crippen LogP contribution in [0.15, 0.2) is 18.2 Å². The second-order valence-corrected chi connectivity index (χ2v) is 5.94. The maximum absolute atomic E-state index is 5.85. The van der Waals surface area contributed by atoms with Crippen LogP contribution in [0.3, 0.4) is 0 Å². The smallest absolute Gasteiger partial charge is 0.0420 e. The summed E-state index contributed by atoms with van der Waals surface area (Å²) in [7, 11) is 0. The number of hydrogen-bond donors (Lipinski definition) is 1. The average Bonchev–Trinajstić information content (AvgIpc) is 2.56. The molecule has 0 saturated heterocycles. The molecule has 1 heterocycles. The minimum atomic E-state index is 0.406. The van der Waals surface area contributed by atoms with Crippen LogP contribution in [0.2, 0.25) is 0 Å². The second kappa shape index (κ2) is 4.00. The largest absolute Gasteiger partial charge is 0.399 e. The van der Waals surface area contributed by atoms with Crippen molar-refractivity contribution in [2.24, 2.45) is 5.41 Å². The molecule has 16 heavy (non-hydrogen) atoms. The Morgan fingerprint density at radius 3 is 2.75 bits per heavy atom. The summed E-state index contributed by atoms with van der Waals surface area (Å²) in [5.41, 5.74) is 9.93. The van der Waals surface area contributed by atoms with Gasteiger partial charge in [-0.3, -0.25) is 0 Å². The molecule has 2 nitrogen and oxygen atoms in total. The minimum absolute atomic E-state index is 0.406. The van der Waals surface area contributed by atoms with Crippen LogP contribution < -0.4 is 10.6 Å².